The summed E-state index contributed by atoms with van der Waals surface area (Å²) in [5.41, 5.74) is 3.63. The predicted molar refractivity (Wildman–Crippen MR) is 116 cm³/mol. The van der Waals surface area contributed by atoms with E-state index in [0.717, 1.165) is 31.0 Å². The van der Waals surface area contributed by atoms with Crippen LogP contribution in [0.2, 0.25) is 0 Å². The van der Waals surface area contributed by atoms with Gasteiger partial charge in [-0.3, -0.25) is 0 Å². The molecule has 0 bridgehead atoms. The highest BCUT2D eigenvalue weighted by Crippen LogP contribution is 2.40. The van der Waals surface area contributed by atoms with Gasteiger partial charge in [-0.1, -0.05) is 30.3 Å². The fraction of sp³-hybridized carbons (Fsp3) is 0.478. The van der Waals surface area contributed by atoms with Gasteiger partial charge in [-0.15, -0.1) is 12.4 Å². The zero-order valence-corrected chi connectivity index (χ0v) is 17.8. The average Bonchev–Trinajstić information content (AvgIpc) is 3.00. The van der Waals surface area contributed by atoms with E-state index in [0.29, 0.717) is 12.1 Å². The third-order valence-electron chi connectivity index (χ3n) is 5.62. The molecule has 4 rings (SSSR count). The molecule has 0 amide bonds. The Labute approximate surface area is 174 Å². The fourth-order valence-corrected chi connectivity index (χ4v) is 4.36. The van der Waals surface area contributed by atoms with Gasteiger partial charge in [-0.05, 0) is 50.9 Å². The molecule has 152 valence electrons. The highest BCUT2D eigenvalue weighted by Gasteiger charge is 2.33. The molecular formula is C23H31ClN2O2. The number of hydrogen-bond donors (Lipinski definition) is 2. The molecule has 1 saturated heterocycles. The van der Waals surface area contributed by atoms with Gasteiger partial charge in [0.2, 0.25) is 0 Å². The monoisotopic (exact) mass is 402 g/mol. The van der Waals surface area contributed by atoms with Crippen LogP contribution in [0.1, 0.15) is 49.4 Å². The normalized spacial score (nSPS) is 22.7. The summed E-state index contributed by atoms with van der Waals surface area (Å²) >= 11 is 0. The molecule has 2 atom stereocenters. The second-order valence-corrected chi connectivity index (χ2v) is 8.29. The molecule has 0 saturated carbocycles. The molecule has 5 heteroatoms. The van der Waals surface area contributed by atoms with Crippen molar-refractivity contribution in [3.8, 4) is 11.5 Å². The number of fused-ring (bicyclic) bond motifs is 1. The minimum atomic E-state index is -0.150. The molecule has 4 nitrogen and oxygen atoms in total. The molecule has 1 fully saturated rings. The summed E-state index contributed by atoms with van der Waals surface area (Å²) in [6, 6.07) is 15.7. The Hall–Kier alpha value is -1.75. The summed E-state index contributed by atoms with van der Waals surface area (Å²) in [5.74, 6) is 1.95. The summed E-state index contributed by atoms with van der Waals surface area (Å²) in [7, 11) is 1.73. The smallest absolute Gasteiger partial charge is 0.128 e. The maximum Gasteiger partial charge on any atom is 0.128 e. The Morgan fingerprint density at radius 2 is 2.00 bits per heavy atom. The van der Waals surface area contributed by atoms with Crippen molar-refractivity contribution >= 4 is 12.4 Å². The highest BCUT2D eigenvalue weighted by atomic mass is 35.5. The largest absolute Gasteiger partial charge is 0.497 e. The van der Waals surface area contributed by atoms with Gasteiger partial charge in [0.15, 0.2) is 0 Å². The zero-order valence-electron chi connectivity index (χ0n) is 17.0. The van der Waals surface area contributed by atoms with Crippen molar-refractivity contribution in [2.24, 2.45) is 0 Å². The number of halogens is 1. The third kappa shape index (κ3) is 4.45. The molecule has 2 aromatic rings. The van der Waals surface area contributed by atoms with Crippen molar-refractivity contribution in [1.29, 1.82) is 0 Å². The molecule has 0 aromatic heterocycles. The minimum Gasteiger partial charge on any atom is -0.497 e. The Kier molecular flexibility index (Phi) is 6.54. The number of methoxy groups -OCH3 is 1. The molecule has 28 heavy (non-hydrogen) atoms. The fourth-order valence-electron chi connectivity index (χ4n) is 4.36. The van der Waals surface area contributed by atoms with Crippen LogP contribution < -0.4 is 20.1 Å². The third-order valence-corrected chi connectivity index (χ3v) is 5.62. The first kappa shape index (κ1) is 21.0. The Balaban J connectivity index is 0.00000225. The van der Waals surface area contributed by atoms with E-state index >= 15 is 0 Å². The SMILES string of the molecule is COc1cc(CN[C@H]2CCCN[C@H]2c2ccccc2)c2c(c1)CC(C)(C)O2.Cl. The lowest BCUT2D eigenvalue weighted by molar-refractivity contribution is 0.137. The van der Waals surface area contributed by atoms with E-state index in [9.17, 15) is 0 Å². The number of piperidine rings is 1. The molecule has 2 heterocycles. The number of ether oxygens (including phenoxy) is 2. The Bertz CT molecular complexity index is 795. The topological polar surface area (TPSA) is 42.5 Å². The van der Waals surface area contributed by atoms with Crippen molar-refractivity contribution in [3.63, 3.8) is 0 Å². The van der Waals surface area contributed by atoms with Crippen molar-refractivity contribution in [2.45, 2.75) is 57.3 Å². The van der Waals surface area contributed by atoms with Gasteiger partial charge in [0.25, 0.3) is 0 Å². The lowest BCUT2D eigenvalue weighted by atomic mass is 9.92. The number of benzene rings is 2. The lowest BCUT2D eigenvalue weighted by Gasteiger charge is -2.34. The van der Waals surface area contributed by atoms with Crippen LogP contribution in [-0.4, -0.2) is 25.3 Å². The van der Waals surface area contributed by atoms with Gasteiger partial charge in [0.05, 0.1) is 7.11 Å². The van der Waals surface area contributed by atoms with E-state index in [1.54, 1.807) is 7.11 Å². The van der Waals surface area contributed by atoms with Crippen LogP contribution in [0.4, 0.5) is 0 Å². The summed E-state index contributed by atoms with van der Waals surface area (Å²) in [5, 5.41) is 7.49. The van der Waals surface area contributed by atoms with E-state index < -0.39 is 0 Å². The first-order valence-electron chi connectivity index (χ1n) is 9.96. The number of hydrogen-bond acceptors (Lipinski definition) is 4. The van der Waals surface area contributed by atoms with Gasteiger partial charge in [0.1, 0.15) is 17.1 Å². The van der Waals surface area contributed by atoms with Crippen LogP contribution in [0.3, 0.4) is 0 Å². The second kappa shape index (κ2) is 8.73. The molecule has 2 aromatic carbocycles. The van der Waals surface area contributed by atoms with Gasteiger partial charge in [0, 0.05) is 36.2 Å². The van der Waals surface area contributed by atoms with Gasteiger partial charge in [-0.2, -0.15) is 0 Å². The van der Waals surface area contributed by atoms with Crippen LogP contribution in [0.5, 0.6) is 11.5 Å². The quantitative estimate of drug-likeness (QED) is 0.777. The number of rotatable bonds is 5. The van der Waals surface area contributed by atoms with Crippen molar-refractivity contribution in [3.05, 3.63) is 59.2 Å². The summed E-state index contributed by atoms with van der Waals surface area (Å²) < 4.78 is 11.8. The highest BCUT2D eigenvalue weighted by molar-refractivity contribution is 5.85. The van der Waals surface area contributed by atoms with Gasteiger partial charge < -0.3 is 20.1 Å². The first-order chi connectivity index (χ1) is 13.1. The van der Waals surface area contributed by atoms with E-state index in [2.05, 4.69) is 66.9 Å². The van der Waals surface area contributed by atoms with Gasteiger partial charge in [-0.25, -0.2) is 0 Å². The molecule has 0 spiro atoms. The van der Waals surface area contributed by atoms with Crippen LogP contribution in [-0.2, 0) is 13.0 Å². The van der Waals surface area contributed by atoms with Crippen LogP contribution in [0.25, 0.3) is 0 Å². The van der Waals surface area contributed by atoms with Gasteiger partial charge >= 0.3 is 0 Å². The van der Waals surface area contributed by atoms with E-state index in [4.69, 9.17) is 9.47 Å². The van der Waals surface area contributed by atoms with E-state index in [1.807, 2.05) is 0 Å². The van der Waals surface area contributed by atoms with Crippen molar-refractivity contribution in [2.75, 3.05) is 13.7 Å². The van der Waals surface area contributed by atoms with Crippen molar-refractivity contribution < 1.29 is 9.47 Å². The summed E-state index contributed by atoms with van der Waals surface area (Å²) in [6.07, 6.45) is 3.29. The van der Waals surface area contributed by atoms with E-state index in [1.165, 1.54) is 29.5 Å². The summed E-state index contributed by atoms with van der Waals surface area (Å²) in [6.45, 7) is 6.15. The molecule has 0 unspecified atom stereocenters. The second-order valence-electron chi connectivity index (χ2n) is 8.29. The Morgan fingerprint density at radius 3 is 2.75 bits per heavy atom. The Morgan fingerprint density at radius 1 is 1.21 bits per heavy atom. The van der Waals surface area contributed by atoms with Crippen molar-refractivity contribution in [1.82, 2.24) is 10.6 Å². The minimum absolute atomic E-state index is 0. The molecule has 0 radical (unpaired) electrons. The molecular weight excluding hydrogens is 372 g/mol. The van der Waals surface area contributed by atoms with Crippen LogP contribution >= 0.6 is 12.4 Å². The average molecular weight is 403 g/mol. The van der Waals surface area contributed by atoms with Crippen LogP contribution in [0.15, 0.2) is 42.5 Å². The van der Waals surface area contributed by atoms with Crippen LogP contribution in [0, 0.1) is 0 Å². The lowest BCUT2D eigenvalue weighted by Crippen LogP contribution is -2.45. The zero-order chi connectivity index (χ0) is 18.9. The maximum absolute atomic E-state index is 6.27. The maximum atomic E-state index is 6.27. The first-order valence-corrected chi connectivity index (χ1v) is 9.96. The molecule has 0 aliphatic carbocycles. The summed E-state index contributed by atoms with van der Waals surface area (Å²) in [4.78, 5) is 0. The molecule has 2 N–H and O–H groups in total. The predicted octanol–water partition coefficient (Wildman–Crippen LogP) is 4.41. The number of nitrogens with one attached hydrogen (secondary N) is 2. The standard InChI is InChI=1S/C23H30N2O2.ClH/c1-23(2)14-17-12-19(26-3)13-18(22(17)27-23)15-25-20-10-7-11-24-21(20)16-8-5-4-6-9-16;/h4-6,8-9,12-13,20-21,24-25H,7,10-11,14-15H2,1-3H3;1H/t20-,21-;/m0./s1. The molecule has 2 aliphatic heterocycles. The molecule has 2 aliphatic rings. The van der Waals surface area contributed by atoms with E-state index in [-0.39, 0.29) is 18.0 Å².